The molecule has 216 valence electrons. The van der Waals surface area contributed by atoms with Crippen LogP contribution in [0.1, 0.15) is 51.2 Å². The van der Waals surface area contributed by atoms with Gasteiger partial charge in [0.15, 0.2) is 0 Å². The molecule has 3 saturated carbocycles. The number of dihydropyridines is 1. The molecule has 0 saturated heterocycles. The number of carbonyl (C=O) groups excluding carboxylic acids is 1. The number of allylic oxidation sites excluding steroid dienone is 3. The van der Waals surface area contributed by atoms with E-state index in [0.29, 0.717) is 39.9 Å². The van der Waals surface area contributed by atoms with E-state index in [1.54, 1.807) is 12.3 Å². The molecular formula is C33H33N9O. The van der Waals surface area contributed by atoms with Crippen molar-refractivity contribution in [2.75, 3.05) is 17.2 Å². The van der Waals surface area contributed by atoms with Gasteiger partial charge < -0.3 is 16.1 Å². The molecule has 2 aromatic rings. The first-order chi connectivity index (χ1) is 20.7. The Labute approximate surface area is 250 Å². The number of aromatic nitrogens is 1. The number of nitriles is 2. The van der Waals surface area contributed by atoms with Crippen molar-refractivity contribution in [3.63, 3.8) is 0 Å². The Kier molecular flexibility index (Phi) is 6.15. The molecule has 2 aliphatic heterocycles. The highest BCUT2D eigenvalue weighted by molar-refractivity contribution is 6.00. The highest BCUT2D eigenvalue weighted by Gasteiger charge is 2.60. The number of amides is 1. The average molecular weight is 572 g/mol. The van der Waals surface area contributed by atoms with Crippen LogP contribution in [0.3, 0.4) is 0 Å². The van der Waals surface area contributed by atoms with Crippen LogP contribution in [0.25, 0.3) is 10.9 Å². The van der Waals surface area contributed by atoms with E-state index in [9.17, 15) is 15.3 Å². The number of anilines is 2. The summed E-state index contributed by atoms with van der Waals surface area (Å²) in [4.78, 5) is 21.2. The van der Waals surface area contributed by atoms with Gasteiger partial charge in [-0.05, 0) is 60.0 Å². The van der Waals surface area contributed by atoms with Gasteiger partial charge >= 0.3 is 0 Å². The maximum absolute atomic E-state index is 12.7. The predicted octanol–water partition coefficient (Wildman–Crippen LogP) is 4.59. The fraction of sp³-hybridized carbons (Fsp3) is 0.364. The van der Waals surface area contributed by atoms with Crippen molar-refractivity contribution < 1.29 is 4.79 Å². The summed E-state index contributed by atoms with van der Waals surface area (Å²) in [5, 5.41) is 30.1. The van der Waals surface area contributed by atoms with Crippen molar-refractivity contribution in [1.29, 1.82) is 10.5 Å². The molecule has 6 aliphatic rings. The molecule has 1 aromatic heterocycles. The van der Waals surface area contributed by atoms with E-state index in [1.165, 1.54) is 25.5 Å². The summed E-state index contributed by atoms with van der Waals surface area (Å²) in [7, 11) is 0. The third-order valence-corrected chi connectivity index (χ3v) is 9.02. The first-order valence-corrected chi connectivity index (χ1v) is 14.6. The van der Waals surface area contributed by atoms with Crippen molar-refractivity contribution in [3.05, 3.63) is 76.8 Å². The fourth-order valence-electron chi connectivity index (χ4n) is 6.65. The lowest BCUT2D eigenvalue weighted by Gasteiger charge is -2.64. The molecule has 2 bridgehead atoms. The van der Waals surface area contributed by atoms with Crippen LogP contribution in [0.4, 0.5) is 11.4 Å². The Morgan fingerprint density at radius 2 is 1.95 bits per heavy atom. The molecule has 3 fully saturated rings. The third-order valence-electron chi connectivity index (χ3n) is 9.02. The summed E-state index contributed by atoms with van der Waals surface area (Å²) in [5.41, 5.74) is 12.3. The molecule has 43 heavy (non-hydrogen) atoms. The van der Waals surface area contributed by atoms with Gasteiger partial charge in [0.2, 0.25) is 0 Å². The molecule has 1 aromatic carbocycles. The zero-order chi connectivity index (χ0) is 29.9. The number of fused-ring (bicyclic) bond motifs is 2. The molecule has 3 heterocycles. The number of nitrogens with zero attached hydrogens (tertiary/aromatic N) is 5. The fourth-order valence-corrected chi connectivity index (χ4v) is 6.65. The van der Waals surface area contributed by atoms with Gasteiger partial charge in [0, 0.05) is 36.2 Å². The number of rotatable bonds is 7. The van der Waals surface area contributed by atoms with Crippen LogP contribution in [-0.2, 0) is 4.79 Å². The quantitative estimate of drug-likeness (QED) is 0.376. The van der Waals surface area contributed by atoms with Crippen molar-refractivity contribution in [3.8, 4) is 12.1 Å². The molecule has 0 radical (unpaired) electrons. The number of hydrogen-bond acceptors (Lipinski definition) is 9. The number of carbonyl (C=O) groups is 1. The van der Waals surface area contributed by atoms with Crippen molar-refractivity contribution >= 4 is 34.4 Å². The van der Waals surface area contributed by atoms with Crippen molar-refractivity contribution in [2.24, 2.45) is 22.2 Å². The van der Waals surface area contributed by atoms with E-state index >= 15 is 0 Å². The van der Waals surface area contributed by atoms with E-state index in [0.717, 1.165) is 22.8 Å². The van der Waals surface area contributed by atoms with Gasteiger partial charge in [0.1, 0.15) is 12.1 Å². The van der Waals surface area contributed by atoms with Gasteiger partial charge in [-0.2, -0.15) is 10.5 Å². The maximum Gasteiger partial charge on any atom is 0.257 e. The minimum atomic E-state index is -0.445. The zero-order valence-electron chi connectivity index (χ0n) is 24.4. The molecule has 4 aliphatic carbocycles. The van der Waals surface area contributed by atoms with Gasteiger partial charge in [0.05, 0.1) is 45.5 Å². The molecule has 0 spiro atoms. The number of nitrogens with one attached hydrogen (secondary N) is 4. The first kappa shape index (κ1) is 26.9. The van der Waals surface area contributed by atoms with Gasteiger partial charge in [-0.1, -0.05) is 39.0 Å². The summed E-state index contributed by atoms with van der Waals surface area (Å²) in [6.07, 6.45) is 16.5. The second-order valence-electron chi connectivity index (χ2n) is 13.3. The molecule has 1 amide bonds. The van der Waals surface area contributed by atoms with E-state index in [-0.39, 0.29) is 22.9 Å². The van der Waals surface area contributed by atoms with Crippen LogP contribution < -0.4 is 21.6 Å². The monoisotopic (exact) mass is 571 g/mol. The molecule has 1 unspecified atom stereocenters. The Balaban J connectivity index is 1.32. The Morgan fingerprint density at radius 3 is 2.65 bits per heavy atom. The maximum atomic E-state index is 12.7. The summed E-state index contributed by atoms with van der Waals surface area (Å²) in [5.74, 6) is 0.190. The minimum Gasteiger partial charge on any atom is -0.383 e. The van der Waals surface area contributed by atoms with Crippen LogP contribution in [0.5, 0.6) is 0 Å². The Hall–Kier alpha value is -4.93. The number of hydrazine groups is 2. The Morgan fingerprint density at radius 1 is 1.16 bits per heavy atom. The number of benzene rings is 1. The summed E-state index contributed by atoms with van der Waals surface area (Å²) in [6, 6.07) is 7.92. The average Bonchev–Trinajstić information content (AvgIpc) is 3.41. The topological polar surface area (TPSA) is 141 Å². The highest BCUT2D eigenvalue weighted by atomic mass is 16.1. The van der Waals surface area contributed by atoms with Crippen LogP contribution in [0, 0.1) is 39.9 Å². The number of aliphatic imine (C=N–C) groups is 1. The largest absolute Gasteiger partial charge is 0.383 e. The minimum absolute atomic E-state index is 0.0345. The van der Waals surface area contributed by atoms with Crippen LogP contribution in [0.2, 0.25) is 0 Å². The van der Waals surface area contributed by atoms with Crippen LogP contribution in [0.15, 0.2) is 70.7 Å². The molecule has 8 rings (SSSR count). The Bertz CT molecular complexity index is 1780. The lowest BCUT2D eigenvalue weighted by atomic mass is 9.49. The lowest BCUT2D eigenvalue weighted by Crippen LogP contribution is -2.69. The smallest absolute Gasteiger partial charge is 0.257 e. The van der Waals surface area contributed by atoms with Gasteiger partial charge in [-0.3, -0.25) is 14.8 Å². The predicted molar refractivity (Wildman–Crippen MR) is 165 cm³/mol. The first-order valence-electron chi connectivity index (χ1n) is 14.6. The van der Waals surface area contributed by atoms with Crippen molar-refractivity contribution in [2.45, 2.75) is 51.6 Å². The standard InChI is InChI=1S/C33H33N9O/c1-32(2,3)18-38-29-21(15-35)16-37-28-20(14-34)9-22(10-26(28)29)39-30(24-5-4-6-25-23(24)7-8-36-31(25)43)27-17-42(41-40-27)33-11-19(12-33)13-33/h4-10,16-17,19,25,30,39-41H,11-13,18H2,1-3H3,(H,37,38)/t19?,25?,30-,33?/m0/s1. The molecule has 2 atom stereocenters. The van der Waals surface area contributed by atoms with E-state index in [1.807, 2.05) is 30.4 Å². The van der Waals surface area contributed by atoms with Crippen LogP contribution >= 0.6 is 0 Å². The molecular weight excluding hydrogens is 538 g/mol. The van der Waals surface area contributed by atoms with Gasteiger partial charge in [-0.25, -0.2) is 4.99 Å². The number of pyridine rings is 1. The highest BCUT2D eigenvalue weighted by Crippen LogP contribution is 2.60. The normalized spacial score (nSPS) is 25.7. The number of hydrogen-bond donors (Lipinski definition) is 4. The second kappa shape index (κ2) is 9.82. The summed E-state index contributed by atoms with van der Waals surface area (Å²) in [6.45, 7) is 6.99. The van der Waals surface area contributed by atoms with Crippen molar-refractivity contribution in [1.82, 2.24) is 21.0 Å². The SMILES string of the molecule is CC(C)(C)CNc1c(C#N)cnc2c(C#N)cc(N[C@H](C3=CN(C45CC(C4)C5)NN3)C3=CC=CC4C(=O)N=CC=C34)cc12. The lowest BCUT2D eigenvalue weighted by molar-refractivity contribution is -0.141. The van der Waals surface area contributed by atoms with Gasteiger partial charge in [0.25, 0.3) is 5.91 Å². The van der Waals surface area contributed by atoms with Gasteiger partial charge in [-0.15, -0.1) is 5.53 Å². The zero-order valence-corrected chi connectivity index (χ0v) is 24.4. The van der Waals surface area contributed by atoms with E-state index in [4.69, 9.17) is 0 Å². The third kappa shape index (κ3) is 4.55. The molecule has 10 heteroatoms. The molecule has 4 N–H and O–H groups in total. The molecule has 10 nitrogen and oxygen atoms in total. The van der Waals surface area contributed by atoms with Crippen LogP contribution in [-0.4, -0.2) is 40.2 Å². The van der Waals surface area contributed by atoms with E-state index in [2.05, 4.69) is 75.7 Å². The summed E-state index contributed by atoms with van der Waals surface area (Å²) >= 11 is 0. The summed E-state index contributed by atoms with van der Waals surface area (Å²) < 4.78 is 0. The second-order valence-corrected chi connectivity index (χ2v) is 13.3. The van der Waals surface area contributed by atoms with E-state index < -0.39 is 5.92 Å².